The van der Waals surface area contributed by atoms with Gasteiger partial charge in [-0.25, -0.2) is 0 Å². The lowest BCUT2D eigenvalue weighted by molar-refractivity contribution is -0.694. The second kappa shape index (κ2) is 8.22. The fraction of sp³-hybridized carbons (Fsp3) is 0.100. The van der Waals surface area contributed by atoms with Gasteiger partial charge in [-0.2, -0.15) is 4.57 Å². The van der Waals surface area contributed by atoms with Gasteiger partial charge in [0.1, 0.15) is 0 Å². The summed E-state index contributed by atoms with van der Waals surface area (Å²) in [6, 6.07) is 20.8. The van der Waals surface area contributed by atoms with Crippen LogP contribution in [-0.4, -0.2) is 5.78 Å². The van der Waals surface area contributed by atoms with E-state index >= 15 is 0 Å². The van der Waals surface area contributed by atoms with Gasteiger partial charge in [0.05, 0.1) is 0 Å². The van der Waals surface area contributed by atoms with Gasteiger partial charge in [0, 0.05) is 40.8 Å². The summed E-state index contributed by atoms with van der Waals surface area (Å²) >= 11 is 5.90. The van der Waals surface area contributed by atoms with Crippen LogP contribution in [0.1, 0.15) is 27.2 Å². The van der Waals surface area contributed by atoms with E-state index in [1.165, 1.54) is 0 Å². The Morgan fingerprint density at radius 1 is 0.958 bits per heavy atom. The third-order valence-electron chi connectivity index (χ3n) is 3.88. The highest BCUT2D eigenvalue weighted by Crippen LogP contribution is 2.17. The number of aryl methyl sites for hydroxylation is 1. The SMILES string of the molecule is Cc1cccc[n+]1Cc1ccccc1C(=O)c1ccc(Cl)cc1.[Br-]. The maximum absolute atomic E-state index is 12.8. The molecule has 3 rings (SSSR count). The van der Waals surface area contributed by atoms with Crippen molar-refractivity contribution in [1.29, 1.82) is 0 Å². The molecule has 0 atom stereocenters. The zero-order chi connectivity index (χ0) is 16.2. The molecule has 1 heterocycles. The third kappa shape index (κ3) is 4.11. The highest BCUT2D eigenvalue weighted by molar-refractivity contribution is 6.30. The van der Waals surface area contributed by atoms with Crippen LogP contribution in [0.2, 0.25) is 5.02 Å². The molecule has 0 unspecified atom stereocenters. The van der Waals surface area contributed by atoms with Crippen molar-refractivity contribution in [2.45, 2.75) is 13.5 Å². The molecular weight excluding hydrogens is 386 g/mol. The minimum absolute atomic E-state index is 0. The van der Waals surface area contributed by atoms with Gasteiger partial charge < -0.3 is 17.0 Å². The molecule has 122 valence electrons. The first-order valence-electron chi connectivity index (χ1n) is 7.48. The minimum atomic E-state index is 0. The molecule has 0 N–H and O–H groups in total. The van der Waals surface area contributed by atoms with Crippen LogP contribution in [0.5, 0.6) is 0 Å². The van der Waals surface area contributed by atoms with Gasteiger partial charge in [-0.05, 0) is 24.3 Å². The lowest BCUT2D eigenvalue weighted by Crippen LogP contribution is -3.00. The number of pyridine rings is 1. The number of hydrogen-bond donors (Lipinski definition) is 0. The number of aromatic nitrogens is 1. The van der Waals surface area contributed by atoms with Crippen LogP contribution < -0.4 is 21.5 Å². The van der Waals surface area contributed by atoms with Crippen molar-refractivity contribution in [3.05, 3.63) is 100 Å². The standard InChI is InChI=1S/C20H17ClNO.BrH/c1-15-6-4-5-13-22(15)14-17-7-2-3-8-19(17)20(23)16-9-11-18(21)12-10-16;/h2-13H,14H2,1H3;1H/q+1;/p-1. The van der Waals surface area contributed by atoms with Gasteiger partial charge in [-0.3, -0.25) is 4.79 Å². The molecule has 24 heavy (non-hydrogen) atoms. The molecule has 4 heteroatoms. The van der Waals surface area contributed by atoms with Crippen LogP contribution in [-0.2, 0) is 6.54 Å². The monoisotopic (exact) mass is 401 g/mol. The first-order chi connectivity index (χ1) is 11.1. The molecular formula is C20H17BrClNO. The van der Waals surface area contributed by atoms with Crippen LogP contribution in [0.3, 0.4) is 0 Å². The number of rotatable bonds is 4. The van der Waals surface area contributed by atoms with Gasteiger partial charge in [0.15, 0.2) is 24.2 Å². The molecule has 0 amide bonds. The Bertz CT molecular complexity index is 846. The second-order valence-corrected chi connectivity index (χ2v) is 5.90. The van der Waals surface area contributed by atoms with E-state index in [0.29, 0.717) is 17.1 Å². The quantitative estimate of drug-likeness (QED) is 0.475. The normalized spacial score (nSPS) is 10.1. The number of benzene rings is 2. The summed E-state index contributed by atoms with van der Waals surface area (Å²) in [6.07, 6.45) is 2.03. The Kier molecular flexibility index (Phi) is 6.29. The first-order valence-corrected chi connectivity index (χ1v) is 7.86. The van der Waals surface area contributed by atoms with Gasteiger partial charge in [-0.15, -0.1) is 0 Å². The summed E-state index contributed by atoms with van der Waals surface area (Å²) in [7, 11) is 0. The van der Waals surface area contributed by atoms with E-state index in [1.54, 1.807) is 24.3 Å². The van der Waals surface area contributed by atoms with Crippen molar-refractivity contribution in [3.63, 3.8) is 0 Å². The topological polar surface area (TPSA) is 20.9 Å². The zero-order valence-corrected chi connectivity index (χ0v) is 15.6. The number of nitrogens with zero attached hydrogens (tertiary/aromatic N) is 1. The molecule has 1 aromatic heterocycles. The van der Waals surface area contributed by atoms with Crippen molar-refractivity contribution >= 4 is 17.4 Å². The molecule has 2 aromatic carbocycles. The summed E-state index contributed by atoms with van der Waals surface area (Å²) in [4.78, 5) is 12.8. The van der Waals surface area contributed by atoms with E-state index in [-0.39, 0.29) is 22.8 Å². The summed E-state index contributed by atoms with van der Waals surface area (Å²) in [5.41, 5.74) is 3.54. The summed E-state index contributed by atoms with van der Waals surface area (Å²) < 4.78 is 2.13. The van der Waals surface area contributed by atoms with Gasteiger partial charge in [0.2, 0.25) is 0 Å². The van der Waals surface area contributed by atoms with Gasteiger partial charge >= 0.3 is 0 Å². The van der Waals surface area contributed by atoms with Crippen LogP contribution >= 0.6 is 11.6 Å². The number of hydrogen-bond acceptors (Lipinski definition) is 1. The number of ketones is 1. The van der Waals surface area contributed by atoms with Crippen molar-refractivity contribution in [1.82, 2.24) is 0 Å². The Balaban J connectivity index is 0.00000208. The number of carbonyl (C=O) groups is 1. The predicted molar refractivity (Wildman–Crippen MR) is 91.8 cm³/mol. The molecule has 0 aliphatic carbocycles. The minimum Gasteiger partial charge on any atom is -1.00 e. The maximum Gasteiger partial charge on any atom is 0.193 e. The zero-order valence-electron chi connectivity index (χ0n) is 13.2. The molecule has 0 aliphatic rings. The average Bonchev–Trinajstić information content (AvgIpc) is 2.57. The Morgan fingerprint density at radius 3 is 2.33 bits per heavy atom. The lowest BCUT2D eigenvalue weighted by Gasteiger charge is -2.07. The van der Waals surface area contributed by atoms with Crippen molar-refractivity contribution in [2.24, 2.45) is 0 Å². The Morgan fingerprint density at radius 2 is 1.62 bits per heavy atom. The summed E-state index contributed by atoms with van der Waals surface area (Å²) in [5, 5.41) is 0.630. The predicted octanol–water partition coefficient (Wildman–Crippen LogP) is 1.22. The summed E-state index contributed by atoms with van der Waals surface area (Å²) in [6.45, 7) is 2.73. The van der Waals surface area contributed by atoms with Crippen LogP contribution in [0.15, 0.2) is 72.9 Å². The van der Waals surface area contributed by atoms with E-state index in [0.717, 1.165) is 16.8 Å². The first kappa shape index (κ1) is 18.4. The van der Waals surface area contributed by atoms with Crippen LogP contribution in [0.4, 0.5) is 0 Å². The van der Waals surface area contributed by atoms with Crippen molar-refractivity contribution < 1.29 is 26.3 Å². The van der Waals surface area contributed by atoms with Crippen LogP contribution in [0.25, 0.3) is 0 Å². The van der Waals surface area contributed by atoms with E-state index < -0.39 is 0 Å². The molecule has 0 fully saturated rings. The fourth-order valence-electron chi connectivity index (χ4n) is 2.56. The Labute approximate surface area is 157 Å². The second-order valence-electron chi connectivity index (χ2n) is 5.46. The molecule has 0 radical (unpaired) electrons. The van der Waals surface area contributed by atoms with Gasteiger partial charge in [-0.1, -0.05) is 41.9 Å². The van der Waals surface area contributed by atoms with E-state index in [2.05, 4.69) is 17.6 Å². The van der Waals surface area contributed by atoms with Gasteiger partial charge in [0.25, 0.3) is 0 Å². The molecule has 2 nitrogen and oxygen atoms in total. The molecule has 0 saturated carbocycles. The van der Waals surface area contributed by atoms with Crippen LogP contribution in [0, 0.1) is 6.92 Å². The number of halogens is 2. The largest absolute Gasteiger partial charge is 1.00 e. The summed E-state index contributed by atoms with van der Waals surface area (Å²) in [5.74, 6) is 0.0199. The van der Waals surface area contributed by atoms with E-state index in [1.807, 2.05) is 42.6 Å². The van der Waals surface area contributed by atoms with E-state index in [4.69, 9.17) is 11.6 Å². The molecule has 0 saturated heterocycles. The lowest BCUT2D eigenvalue weighted by atomic mass is 9.98. The fourth-order valence-corrected chi connectivity index (χ4v) is 2.69. The smallest absolute Gasteiger partial charge is 0.193 e. The molecule has 0 aliphatic heterocycles. The average molecular weight is 403 g/mol. The molecule has 3 aromatic rings. The maximum atomic E-state index is 12.8. The molecule has 0 bridgehead atoms. The molecule has 0 spiro atoms. The highest BCUT2D eigenvalue weighted by Gasteiger charge is 2.16. The van der Waals surface area contributed by atoms with Crippen molar-refractivity contribution in [2.75, 3.05) is 0 Å². The third-order valence-corrected chi connectivity index (χ3v) is 4.13. The van der Waals surface area contributed by atoms with E-state index in [9.17, 15) is 4.79 Å². The highest BCUT2D eigenvalue weighted by atomic mass is 79.9. The van der Waals surface area contributed by atoms with Crippen molar-refractivity contribution in [3.8, 4) is 0 Å². The Hall–Kier alpha value is -1.97. The number of carbonyl (C=O) groups excluding carboxylic acids is 1.